The van der Waals surface area contributed by atoms with E-state index in [-0.39, 0.29) is 18.6 Å². The number of benzene rings is 2. The van der Waals surface area contributed by atoms with Crippen molar-refractivity contribution < 1.29 is 9.53 Å². The average Bonchev–Trinajstić information content (AvgIpc) is 3.11. The lowest BCUT2D eigenvalue weighted by Crippen LogP contribution is -2.66. The molecule has 6 heteroatoms. The summed E-state index contributed by atoms with van der Waals surface area (Å²) in [5.74, 6) is 0.920. The van der Waals surface area contributed by atoms with Crippen LogP contribution in [0, 0.1) is 0 Å². The highest BCUT2D eigenvalue weighted by Crippen LogP contribution is 2.37. The third-order valence-corrected chi connectivity index (χ3v) is 5.67. The van der Waals surface area contributed by atoms with E-state index in [0.717, 1.165) is 48.5 Å². The number of aromatic amines is 1. The number of carbonyl (C=O) groups excluding carboxylic acids is 1. The van der Waals surface area contributed by atoms with Crippen molar-refractivity contribution in [3.8, 4) is 0 Å². The van der Waals surface area contributed by atoms with Crippen molar-refractivity contribution in [2.75, 3.05) is 19.7 Å². The second-order valence-corrected chi connectivity index (χ2v) is 7.37. The Morgan fingerprint density at radius 2 is 1.96 bits per heavy atom. The highest BCUT2D eigenvalue weighted by atomic mass is 16.5. The van der Waals surface area contributed by atoms with Crippen LogP contribution in [0.15, 0.2) is 54.6 Å². The zero-order valence-corrected chi connectivity index (χ0v) is 15.0. The van der Waals surface area contributed by atoms with Crippen LogP contribution in [0.2, 0.25) is 0 Å². The number of H-pyrrole nitrogens is 1. The summed E-state index contributed by atoms with van der Waals surface area (Å²) in [4.78, 5) is 22.5. The molecule has 1 amide bonds. The van der Waals surface area contributed by atoms with Gasteiger partial charge < -0.3 is 15.0 Å². The van der Waals surface area contributed by atoms with Gasteiger partial charge in [0.1, 0.15) is 12.4 Å². The molecular formula is C21H22N4O2. The van der Waals surface area contributed by atoms with E-state index in [9.17, 15) is 4.79 Å². The van der Waals surface area contributed by atoms with Gasteiger partial charge in [0.2, 0.25) is 5.91 Å². The summed E-state index contributed by atoms with van der Waals surface area (Å²) in [7, 11) is 0. The maximum absolute atomic E-state index is 12.1. The minimum atomic E-state index is -0.443. The molecule has 3 heterocycles. The Labute approximate surface area is 157 Å². The Hall–Kier alpha value is -2.70. The van der Waals surface area contributed by atoms with Crippen molar-refractivity contribution in [3.05, 3.63) is 66.0 Å². The second-order valence-electron chi connectivity index (χ2n) is 7.37. The van der Waals surface area contributed by atoms with E-state index in [1.54, 1.807) is 0 Å². The summed E-state index contributed by atoms with van der Waals surface area (Å²) in [5, 5.41) is 3.24. The van der Waals surface area contributed by atoms with Crippen LogP contribution in [0.1, 0.15) is 17.8 Å². The molecule has 1 aromatic heterocycles. The molecule has 2 aliphatic rings. The SMILES string of the molecule is O=C1CO[C@@H]2CN(Cc3nc4ccccc4[nH]3)CC[C@@]2(c2ccccc2)N1. The number of aromatic nitrogens is 2. The lowest BCUT2D eigenvalue weighted by Gasteiger charge is -2.50. The molecule has 2 saturated heterocycles. The van der Waals surface area contributed by atoms with Crippen LogP contribution < -0.4 is 5.32 Å². The normalized spacial score (nSPS) is 25.9. The van der Waals surface area contributed by atoms with Gasteiger partial charge in [-0.2, -0.15) is 0 Å². The molecule has 0 aliphatic carbocycles. The molecule has 2 aliphatic heterocycles. The Morgan fingerprint density at radius 1 is 1.15 bits per heavy atom. The molecule has 138 valence electrons. The van der Waals surface area contributed by atoms with Crippen LogP contribution in [-0.2, 0) is 21.6 Å². The molecule has 0 radical (unpaired) electrons. The topological polar surface area (TPSA) is 70.2 Å². The number of carbonyl (C=O) groups is 1. The minimum absolute atomic E-state index is 0.0409. The smallest absolute Gasteiger partial charge is 0.246 e. The van der Waals surface area contributed by atoms with Crippen LogP contribution in [-0.4, -0.2) is 46.6 Å². The highest BCUT2D eigenvalue weighted by molar-refractivity contribution is 5.79. The fourth-order valence-electron chi connectivity index (χ4n) is 4.35. The number of morpholine rings is 1. The van der Waals surface area contributed by atoms with Crippen LogP contribution in [0.5, 0.6) is 0 Å². The summed E-state index contributed by atoms with van der Waals surface area (Å²) < 4.78 is 5.99. The van der Waals surface area contributed by atoms with Crippen molar-refractivity contribution in [1.82, 2.24) is 20.2 Å². The molecule has 2 atom stereocenters. The molecule has 5 rings (SSSR count). The summed E-state index contributed by atoms with van der Waals surface area (Å²) >= 11 is 0. The standard InChI is InChI=1S/C21H22N4O2/c26-20-14-27-18-12-25(13-19-22-16-8-4-5-9-17(16)23-19)11-10-21(18,24-20)15-6-2-1-3-7-15/h1-9,18H,10-14H2,(H,22,23)(H,24,26)/t18-,21+/m1/s1. The molecule has 3 aromatic rings. The third-order valence-electron chi connectivity index (χ3n) is 5.67. The fraction of sp³-hybridized carbons (Fsp3) is 0.333. The lowest BCUT2D eigenvalue weighted by molar-refractivity contribution is -0.152. The number of ether oxygens (including phenoxy) is 1. The molecule has 27 heavy (non-hydrogen) atoms. The number of nitrogens with zero attached hydrogens (tertiary/aromatic N) is 2. The number of amides is 1. The highest BCUT2D eigenvalue weighted by Gasteiger charge is 2.49. The zero-order chi connectivity index (χ0) is 18.3. The van der Waals surface area contributed by atoms with Gasteiger partial charge in [-0.3, -0.25) is 9.69 Å². The minimum Gasteiger partial charge on any atom is -0.364 e. The predicted molar refractivity (Wildman–Crippen MR) is 102 cm³/mol. The van der Waals surface area contributed by atoms with Gasteiger partial charge in [-0.05, 0) is 24.1 Å². The first-order chi connectivity index (χ1) is 13.2. The first-order valence-corrected chi connectivity index (χ1v) is 9.37. The molecule has 6 nitrogen and oxygen atoms in total. The number of nitrogens with one attached hydrogen (secondary N) is 2. The number of hydrogen-bond donors (Lipinski definition) is 2. The number of hydrogen-bond acceptors (Lipinski definition) is 4. The number of rotatable bonds is 3. The van der Waals surface area contributed by atoms with Crippen LogP contribution in [0.4, 0.5) is 0 Å². The van der Waals surface area contributed by atoms with Gasteiger partial charge in [0, 0.05) is 13.1 Å². The zero-order valence-electron chi connectivity index (χ0n) is 15.0. The van der Waals surface area contributed by atoms with Crippen molar-refractivity contribution in [2.45, 2.75) is 24.6 Å². The predicted octanol–water partition coefficient (Wildman–Crippen LogP) is 2.18. The van der Waals surface area contributed by atoms with Gasteiger partial charge in [-0.15, -0.1) is 0 Å². The first-order valence-electron chi connectivity index (χ1n) is 9.37. The molecule has 0 unspecified atom stereocenters. The monoisotopic (exact) mass is 362 g/mol. The van der Waals surface area contributed by atoms with E-state index in [1.165, 1.54) is 0 Å². The Balaban J connectivity index is 1.38. The van der Waals surface area contributed by atoms with E-state index in [4.69, 9.17) is 9.72 Å². The molecule has 2 aromatic carbocycles. The third kappa shape index (κ3) is 2.91. The van der Waals surface area contributed by atoms with E-state index in [0.29, 0.717) is 0 Å². The van der Waals surface area contributed by atoms with Gasteiger partial charge >= 0.3 is 0 Å². The first kappa shape index (κ1) is 16.5. The summed E-state index contributed by atoms with van der Waals surface area (Å²) in [6.45, 7) is 2.49. The molecule has 0 spiro atoms. The number of imidazole rings is 1. The van der Waals surface area contributed by atoms with E-state index >= 15 is 0 Å². The average molecular weight is 362 g/mol. The van der Waals surface area contributed by atoms with Gasteiger partial charge in [-0.25, -0.2) is 4.98 Å². The van der Waals surface area contributed by atoms with E-state index < -0.39 is 5.54 Å². The van der Waals surface area contributed by atoms with Gasteiger partial charge in [0.15, 0.2) is 0 Å². The Kier molecular flexibility index (Phi) is 3.95. The summed E-state index contributed by atoms with van der Waals surface area (Å²) in [6.07, 6.45) is 0.740. The second kappa shape index (κ2) is 6.48. The number of piperidine rings is 1. The fourth-order valence-corrected chi connectivity index (χ4v) is 4.35. The maximum Gasteiger partial charge on any atom is 0.246 e. The largest absolute Gasteiger partial charge is 0.364 e. The maximum atomic E-state index is 12.1. The molecule has 2 N–H and O–H groups in total. The van der Waals surface area contributed by atoms with Gasteiger partial charge in [0.25, 0.3) is 0 Å². The van der Waals surface area contributed by atoms with Crippen LogP contribution in [0.25, 0.3) is 11.0 Å². The molecule has 0 saturated carbocycles. The van der Waals surface area contributed by atoms with Gasteiger partial charge in [0.05, 0.1) is 29.2 Å². The van der Waals surface area contributed by atoms with Crippen molar-refractivity contribution in [2.24, 2.45) is 0 Å². The van der Waals surface area contributed by atoms with Crippen molar-refractivity contribution in [1.29, 1.82) is 0 Å². The number of fused-ring (bicyclic) bond motifs is 2. The Bertz CT molecular complexity index is 937. The number of para-hydroxylation sites is 2. The summed E-state index contributed by atoms with van der Waals surface area (Å²) in [5.41, 5.74) is 2.72. The Morgan fingerprint density at radius 3 is 2.81 bits per heavy atom. The van der Waals surface area contributed by atoms with E-state index in [2.05, 4.69) is 27.3 Å². The number of likely N-dealkylation sites (tertiary alicyclic amines) is 1. The van der Waals surface area contributed by atoms with Gasteiger partial charge in [-0.1, -0.05) is 42.5 Å². The van der Waals surface area contributed by atoms with Crippen molar-refractivity contribution >= 4 is 16.9 Å². The van der Waals surface area contributed by atoms with Crippen LogP contribution >= 0.6 is 0 Å². The molecule has 0 bridgehead atoms. The lowest BCUT2D eigenvalue weighted by atomic mass is 9.77. The quantitative estimate of drug-likeness (QED) is 0.749. The van der Waals surface area contributed by atoms with Crippen molar-refractivity contribution in [3.63, 3.8) is 0 Å². The summed E-state index contributed by atoms with van der Waals surface area (Å²) in [6, 6.07) is 18.3. The van der Waals surface area contributed by atoms with E-state index in [1.807, 2.05) is 42.5 Å². The molecular weight excluding hydrogens is 340 g/mol. The van der Waals surface area contributed by atoms with Crippen LogP contribution in [0.3, 0.4) is 0 Å². The molecule has 2 fully saturated rings.